The Morgan fingerprint density at radius 2 is 1.81 bits per heavy atom. The molecule has 0 fully saturated rings. The molecule has 0 saturated carbocycles. The fraction of sp³-hybridized carbons (Fsp3) is 0.238. The molecule has 0 saturated heterocycles. The molecule has 8 nitrogen and oxygen atoms in total. The second-order valence-corrected chi connectivity index (χ2v) is 7.22. The monoisotopic (exact) mass is 478 g/mol. The molecule has 32 heavy (non-hydrogen) atoms. The summed E-state index contributed by atoms with van der Waals surface area (Å²) in [7, 11) is 1.55. The van der Waals surface area contributed by atoms with Crippen LogP contribution in [0.15, 0.2) is 36.7 Å². The predicted octanol–water partition coefficient (Wildman–Crippen LogP) is 4.88. The molecule has 4 aromatic rings. The summed E-state index contributed by atoms with van der Waals surface area (Å²) in [6.45, 7) is 4.78. The van der Waals surface area contributed by atoms with Crippen LogP contribution in [-0.4, -0.2) is 38.4 Å². The highest BCUT2D eigenvalue weighted by molar-refractivity contribution is 6.30. The third-order valence-electron chi connectivity index (χ3n) is 4.80. The van der Waals surface area contributed by atoms with E-state index in [1.807, 2.05) is 18.4 Å². The van der Waals surface area contributed by atoms with E-state index in [-0.39, 0.29) is 18.1 Å². The zero-order valence-corrected chi connectivity index (χ0v) is 19.2. The van der Waals surface area contributed by atoms with Gasteiger partial charge in [-0.2, -0.15) is 0 Å². The third kappa shape index (κ3) is 4.84. The van der Waals surface area contributed by atoms with Crippen molar-refractivity contribution in [3.05, 3.63) is 59.1 Å². The first-order chi connectivity index (χ1) is 15.0. The van der Waals surface area contributed by atoms with Crippen molar-refractivity contribution in [2.75, 3.05) is 19.0 Å². The van der Waals surface area contributed by atoms with Gasteiger partial charge in [-0.3, -0.25) is 0 Å². The number of methoxy groups -OCH3 is 1. The van der Waals surface area contributed by atoms with Crippen LogP contribution in [0.5, 0.6) is 11.5 Å². The maximum atomic E-state index is 14.2. The molecule has 0 amide bonds. The Balaban J connectivity index is 0.00000289. The number of hydrogen-bond acceptors (Lipinski definition) is 7. The Bertz CT molecular complexity index is 1230. The van der Waals surface area contributed by atoms with Crippen LogP contribution in [0, 0.1) is 19.7 Å². The molecular formula is C21H21Cl2FN6O2. The Hall–Kier alpha value is -3.17. The van der Waals surface area contributed by atoms with Crippen LogP contribution < -0.4 is 14.8 Å². The summed E-state index contributed by atoms with van der Waals surface area (Å²) in [5.41, 5.74) is 0.878. The summed E-state index contributed by atoms with van der Waals surface area (Å²) in [6, 6.07) is 7.91. The standard InChI is InChI=1S/C21H20ClFN6O2.ClH/c1-12-27-28-13(2)29(12)6-7-31-20-10-18-15(9-19(20)30-3)21(25-11-24-18)26-17-5-4-14(22)8-16(17)23;/h4-5,8-11H,6-7H2,1-3H3,(H,24,25,26);1H. The molecule has 0 radical (unpaired) electrons. The number of anilines is 2. The van der Waals surface area contributed by atoms with E-state index < -0.39 is 5.82 Å². The van der Waals surface area contributed by atoms with Gasteiger partial charge in [-0.1, -0.05) is 11.6 Å². The van der Waals surface area contributed by atoms with Gasteiger partial charge in [0.05, 0.1) is 24.9 Å². The van der Waals surface area contributed by atoms with Gasteiger partial charge >= 0.3 is 0 Å². The van der Waals surface area contributed by atoms with E-state index in [0.29, 0.717) is 46.4 Å². The van der Waals surface area contributed by atoms with E-state index in [9.17, 15) is 4.39 Å². The lowest BCUT2D eigenvalue weighted by Gasteiger charge is -2.14. The maximum absolute atomic E-state index is 14.2. The minimum absolute atomic E-state index is 0. The molecule has 0 bridgehead atoms. The highest BCUT2D eigenvalue weighted by Gasteiger charge is 2.14. The van der Waals surface area contributed by atoms with Crippen molar-refractivity contribution in [3.63, 3.8) is 0 Å². The molecule has 2 aromatic carbocycles. The zero-order chi connectivity index (χ0) is 22.0. The van der Waals surface area contributed by atoms with Gasteiger partial charge in [-0.15, -0.1) is 22.6 Å². The molecular weight excluding hydrogens is 458 g/mol. The maximum Gasteiger partial charge on any atom is 0.163 e. The Morgan fingerprint density at radius 3 is 2.50 bits per heavy atom. The van der Waals surface area contributed by atoms with Crippen molar-refractivity contribution in [2.45, 2.75) is 20.4 Å². The van der Waals surface area contributed by atoms with Crippen LogP contribution in [-0.2, 0) is 6.54 Å². The molecule has 0 aliphatic carbocycles. The molecule has 2 heterocycles. The quantitative estimate of drug-likeness (QED) is 0.404. The number of aromatic nitrogens is 5. The largest absolute Gasteiger partial charge is 0.493 e. The van der Waals surface area contributed by atoms with E-state index in [2.05, 4.69) is 25.5 Å². The average Bonchev–Trinajstić information content (AvgIpc) is 3.07. The highest BCUT2D eigenvalue weighted by atomic mass is 35.5. The van der Waals surface area contributed by atoms with Gasteiger partial charge < -0.3 is 19.4 Å². The molecule has 11 heteroatoms. The number of nitrogens with one attached hydrogen (secondary N) is 1. The number of hydrogen-bond donors (Lipinski definition) is 1. The van der Waals surface area contributed by atoms with E-state index in [1.165, 1.54) is 12.4 Å². The van der Waals surface area contributed by atoms with Gasteiger partial charge in [0.15, 0.2) is 11.5 Å². The molecule has 0 atom stereocenters. The lowest BCUT2D eigenvalue weighted by atomic mass is 10.2. The van der Waals surface area contributed by atoms with Crippen molar-refractivity contribution in [3.8, 4) is 11.5 Å². The van der Waals surface area contributed by atoms with Gasteiger partial charge in [0.1, 0.15) is 36.2 Å². The minimum atomic E-state index is -0.481. The normalized spacial score (nSPS) is 10.7. The Kier molecular flexibility index (Phi) is 7.32. The van der Waals surface area contributed by atoms with Gasteiger partial charge in [-0.05, 0) is 38.1 Å². The van der Waals surface area contributed by atoms with Crippen LogP contribution in [0.2, 0.25) is 5.02 Å². The summed E-state index contributed by atoms with van der Waals surface area (Å²) in [5, 5.41) is 12.1. The van der Waals surface area contributed by atoms with E-state index >= 15 is 0 Å². The van der Waals surface area contributed by atoms with E-state index in [4.69, 9.17) is 21.1 Å². The zero-order valence-electron chi connectivity index (χ0n) is 17.6. The number of halogens is 3. The first-order valence-electron chi connectivity index (χ1n) is 9.50. The summed E-state index contributed by atoms with van der Waals surface area (Å²) in [5.74, 6) is 2.66. The second kappa shape index (κ2) is 9.97. The van der Waals surface area contributed by atoms with Crippen molar-refractivity contribution >= 4 is 46.4 Å². The van der Waals surface area contributed by atoms with Gasteiger partial charge in [0.25, 0.3) is 0 Å². The molecule has 4 rings (SSSR count). The first-order valence-corrected chi connectivity index (χ1v) is 9.88. The average molecular weight is 479 g/mol. The van der Waals surface area contributed by atoms with E-state index in [1.54, 1.807) is 31.4 Å². The van der Waals surface area contributed by atoms with Crippen molar-refractivity contribution in [1.29, 1.82) is 0 Å². The summed E-state index contributed by atoms with van der Waals surface area (Å²) in [4.78, 5) is 8.57. The first kappa shape index (κ1) is 23.5. The molecule has 1 N–H and O–H groups in total. The molecule has 0 aliphatic heterocycles. The van der Waals surface area contributed by atoms with Crippen LogP contribution in [0.4, 0.5) is 15.9 Å². The van der Waals surface area contributed by atoms with Crippen LogP contribution in [0.25, 0.3) is 10.9 Å². The second-order valence-electron chi connectivity index (χ2n) is 6.79. The molecule has 168 valence electrons. The van der Waals surface area contributed by atoms with Crippen LogP contribution >= 0.6 is 24.0 Å². The number of rotatable bonds is 7. The van der Waals surface area contributed by atoms with Gasteiger partial charge in [0.2, 0.25) is 0 Å². The summed E-state index contributed by atoms with van der Waals surface area (Å²) >= 11 is 5.83. The van der Waals surface area contributed by atoms with Crippen LogP contribution in [0.3, 0.4) is 0 Å². The lowest BCUT2D eigenvalue weighted by molar-refractivity contribution is 0.278. The number of aryl methyl sites for hydroxylation is 2. The SMILES string of the molecule is COc1cc2c(Nc3ccc(Cl)cc3F)ncnc2cc1OCCn1c(C)nnc1C.Cl. The topological polar surface area (TPSA) is 87.0 Å². The smallest absolute Gasteiger partial charge is 0.163 e. The lowest BCUT2D eigenvalue weighted by Crippen LogP contribution is -2.11. The number of fused-ring (bicyclic) bond motifs is 1. The minimum Gasteiger partial charge on any atom is -0.493 e. The number of ether oxygens (including phenoxy) is 2. The molecule has 0 aliphatic rings. The number of nitrogens with zero attached hydrogens (tertiary/aromatic N) is 5. The highest BCUT2D eigenvalue weighted by Crippen LogP contribution is 2.35. The van der Waals surface area contributed by atoms with Crippen molar-refractivity contribution < 1.29 is 13.9 Å². The number of benzene rings is 2. The van der Waals surface area contributed by atoms with Crippen molar-refractivity contribution in [1.82, 2.24) is 24.7 Å². The van der Waals surface area contributed by atoms with Crippen molar-refractivity contribution in [2.24, 2.45) is 0 Å². The fourth-order valence-electron chi connectivity index (χ4n) is 3.21. The van der Waals surface area contributed by atoms with Gasteiger partial charge in [-0.25, -0.2) is 14.4 Å². The Labute approximate surface area is 195 Å². The molecule has 2 aromatic heterocycles. The van der Waals surface area contributed by atoms with Crippen LogP contribution in [0.1, 0.15) is 11.6 Å². The summed E-state index contributed by atoms with van der Waals surface area (Å²) < 4.78 is 27.6. The molecule has 0 unspecified atom stereocenters. The molecule has 0 spiro atoms. The third-order valence-corrected chi connectivity index (χ3v) is 5.03. The van der Waals surface area contributed by atoms with E-state index in [0.717, 1.165) is 11.6 Å². The predicted molar refractivity (Wildman–Crippen MR) is 123 cm³/mol. The summed E-state index contributed by atoms with van der Waals surface area (Å²) in [6.07, 6.45) is 1.40. The fourth-order valence-corrected chi connectivity index (χ4v) is 3.37. The Morgan fingerprint density at radius 1 is 1.06 bits per heavy atom. The van der Waals surface area contributed by atoms with Gasteiger partial charge in [0, 0.05) is 16.5 Å².